The fraction of sp³-hybridized carbons (Fsp3) is 0.344. The largest absolute Gasteiger partial charge is 0.487 e. The number of hydrogen-bond donors (Lipinski definition) is 1. The molecular formula is C32H33FN6O3. The fourth-order valence-corrected chi connectivity index (χ4v) is 6.13. The van der Waals surface area contributed by atoms with Gasteiger partial charge in [-0.1, -0.05) is 12.8 Å². The van der Waals surface area contributed by atoms with Gasteiger partial charge in [0.05, 0.1) is 17.1 Å². The van der Waals surface area contributed by atoms with Gasteiger partial charge in [0.15, 0.2) is 5.65 Å². The van der Waals surface area contributed by atoms with E-state index in [2.05, 4.69) is 26.8 Å². The van der Waals surface area contributed by atoms with E-state index in [4.69, 9.17) is 25.0 Å². The van der Waals surface area contributed by atoms with Crippen molar-refractivity contribution < 1.29 is 18.6 Å². The number of benzene rings is 2. The molecule has 2 N–H and O–H groups in total. The number of anilines is 1. The van der Waals surface area contributed by atoms with Crippen molar-refractivity contribution in [2.75, 3.05) is 18.9 Å². The van der Waals surface area contributed by atoms with Gasteiger partial charge in [0.2, 0.25) is 0 Å². The molecule has 1 saturated heterocycles. The number of halogens is 1. The third-order valence-corrected chi connectivity index (χ3v) is 8.23. The molecule has 0 spiro atoms. The molecule has 216 valence electrons. The molecule has 0 bridgehead atoms. The van der Waals surface area contributed by atoms with Gasteiger partial charge < -0.3 is 24.5 Å². The van der Waals surface area contributed by atoms with Crippen LogP contribution in [0.4, 0.5) is 10.2 Å². The molecule has 0 amide bonds. The van der Waals surface area contributed by atoms with Gasteiger partial charge >= 0.3 is 0 Å². The minimum Gasteiger partial charge on any atom is -0.487 e. The summed E-state index contributed by atoms with van der Waals surface area (Å²) in [7, 11) is 0. The van der Waals surface area contributed by atoms with Crippen LogP contribution in [-0.4, -0.2) is 37.5 Å². The van der Waals surface area contributed by atoms with Crippen molar-refractivity contribution >= 4 is 16.9 Å². The molecule has 0 radical (unpaired) electrons. The van der Waals surface area contributed by atoms with Crippen LogP contribution in [0.2, 0.25) is 0 Å². The molecule has 3 aromatic heterocycles. The highest BCUT2D eigenvalue weighted by atomic mass is 19.1. The third kappa shape index (κ3) is 5.30. The van der Waals surface area contributed by atoms with Gasteiger partial charge in [0.25, 0.3) is 0 Å². The van der Waals surface area contributed by atoms with Gasteiger partial charge in [-0.05, 0) is 62.1 Å². The van der Waals surface area contributed by atoms with Crippen molar-refractivity contribution in [2.24, 2.45) is 0 Å². The van der Waals surface area contributed by atoms with E-state index in [1.165, 1.54) is 44.1 Å². The van der Waals surface area contributed by atoms with Crippen LogP contribution in [0.1, 0.15) is 56.3 Å². The second kappa shape index (κ2) is 11.4. The molecule has 0 atom stereocenters. The van der Waals surface area contributed by atoms with E-state index >= 15 is 0 Å². The fourth-order valence-electron chi connectivity index (χ4n) is 6.13. The van der Waals surface area contributed by atoms with Crippen molar-refractivity contribution in [3.63, 3.8) is 0 Å². The quantitative estimate of drug-likeness (QED) is 0.218. The van der Waals surface area contributed by atoms with E-state index in [-0.39, 0.29) is 6.04 Å². The number of hydrogen-bond acceptors (Lipinski definition) is 7. The maximum Gasteiger partial charge on any atom is 0.164 e. The monoisotopic (exact) mass is 568 g/mol. The van der Waals surface area contributed by atoms with Crippen LogP contribution in [0.5, 0.6) is 17.2 Å². The van der Waals surface area contributed by atoms with E-state index in [9.17, 15) is 4.39 Å². The predicted octanol–water partition coefficient (Wildman–Crippen LogP) is 6.85. The number of rotatable bonds is 8. The molecular weight excluding hydrogens is 535 g/mol. The van der Waals surface area contributed by atoms with Crippen LogP contribution < -0.4 is 15.2 Å². The summed E-state index contributed by atoms with van der Waals surface area (Å²) in [5, 5.41) is 5.65. The second-order valence-corrected chi connectivity index (χ2v) is 11.0. The summed E-state index contributed by atoms with van der Waals surface area (Å²) in [6, 6.07) is 16.7. The molecule has 2 aliphatic rings. The van der Waals surface area contributed by atoms with E-state index in [1.807, 2.05) is 35.0 Å². The van der Waals surface area contributed by atoms with Crippen molar-refractivity contribution in [3.8, 4) is 28.5 Å². The molecule has 1 saturated carbocycles. The first-order chi connectivity index (χ1) is 20.6. The van der Waals surface area contributed by atoms with Gasteiger partial charge in [-0.15, -0.1) is 0 Å². The lowest BCUT2D eigenvalue weighted by Gasteiger charge is -2.22. The van der Waals surface area contributed by atoms with Crippen LogP contribution in [0.15, 0.2) is 67.1 Å². The Labute approximate surface area is 243 Å². The molecule has 1 aliphatic carbocycles. The topological polar surface area (TPSA) is 102 Å². The molecule has 2 aromatic carbocycles. The van der Waals surface area contributed by atoms with E-state index in [0.717, 1.165) is 29.5 Å². The normalized spacial score (nSPS) is 16.3. The summed E-state index contributed by atoms with van der Waals surface area (Å²) < 4.78 is 36.4. The molecule has 2 fully saturated rings. The number of nitrogen functional groups attached to an aromatic ring is 1. The van der Waals surface area contributed by atoms with E-state index in [1.54, 1.807) is 6.07 Å². The van der Waals surface area contributed by atoms with Crippen molar-refractivity contribution in [1.82, 2.24) is 24.3 Å². The van der Waals surface area contributed by atoms with Crippen molar-refractivity contribution in [1.29, 1.82) is 0 Å². The maximum absolute atomic E-state index is 14.5. The zero-order valence-electron chi connectivity index (χ0n) is 23.3. The van der Waals surface area contributed by atoms with Crippen molar-refractivity contribution in [3.05, 3.63) is 78.6 Å². The Morgan fingerprint density at radius 2 is 1.69 bits per heavy atom. The van der Waals surface area contributed by atoms with Gasteiger partial charge in [-0.25, -0.2) is 19.0 Å². The first-order valence-corrected chi connectivity index (χ1v) is 14.6. The smallest absolute Gasteiger partial charge is 0.164 e. The average molecular weight is 569 g/mol. The van der Waals surface area contributed by atoms with E-state index < -0.39 is 5.82 Å². The lowest BCUT2D eigenvalue weighted by Crippen LogP contribution is -2.20. The molecule has 1 aliphatic heterocycles. The highest BCUT2D eigenvalue weighted by molar-refractivity contribution is 5.98. The van der Waals surface area contributed by atoms with E-state index in [0.29, 0.717) is 60.3 Å². The Kier molecular flexibility index (Phi) is 7.21. The Hall–Kier alpha value is -4.44. The molecule has 0 unspecified atom stereocenters. The first kappa shape index (κ1) is 26.5. The molecule has 42 heavy (non-hydrogen) atoms. The number of nitrogens with zero attached hydrogens (tertiary/aromatic N) is 5. The zero-order chi connectivity index (χ0) is 28.5. The minimum atomic E-state index is -0.425. The summed E-state index contributed by atoms with van der Waals surface area (Å²) in [5.74, 6) is 1.29. The Balaban J connectivity index is 1.09. The zero-order valence-corrected chi connectivity index (χ0v) is 23.3. The van der Waals surface area contributed by atoms with Crippen LogP contribution in [0.25, 0.3) is 22.3 Å². The summed E-state index contributed by atoms with van der Waals surface area (Å²) in [5.41, 5.74) is 9.66. The predicted molar refractivity (Wildman–Crippen MR) is 157 cm³/mol. The summed E-state index contributed by atoms with van der Waals surface area (Å²) in [4.78, 5) is 8.72. The molecule has 5 aromatic rings. The summed E-state index contributed by atoms with van der Waals surface area (Å²) >= 11 is 0. The van der Waals surface area contributed by atoms with Crippen LogP contribution in [-0.2, 0) is 11.3 Å². The summed E-state index contributed by atoms with van der Waals surface area (Å²) in [6.45, 7) is 1.74. The molecule has 4 heterocycles. The number of fused-ring (bicyclic) bond motifs is 1. The third-order valence-electron chi connectivity index (χ3n) is 8.23. The van der Waals surface area contributed by atoms with Crippen LogP contribution in [0.3, 0.4) is 0 Å². The minimum absolute atomic E-state index is 0.184. The van der Waals surface area contributed by atoms with Gasteiger partial charge in [-0.2, -0.15) is 5.10 Å². The van der Waals surface area contributed by atoms with Crippen molar-refractivity contribution in [2.45, 2.75) is 57.2 Å². The Bertz CT molecular complexity index is 1690. The lowest BCUT2D eigenvalue weighted by atomic mass is 10.1. The maximum atomic E-state index is 14.5. The Morgan fingerprint density at radius 3 is 2.50 bits per heavy atom. The molecule has 7 rings (SSSR count). The molecule has 9 nitrogen and oxygen atoms in total. The number of aromatic nitrogens is 5. The lowest BCUT2D eigenvalue weighted by molar-refractivity contribution is 0.0674. The molecule has 10 heteroatoms. The average Bonchev–Trinajstić information content (AvgIpc) is 3.77. The van der Waals surface area contributed by atoms with Crippen LogP contribution in [0, 0.1) is 5.82 Å². The van der Waals surface area contributed by atoms with Crippen LogP contribution >= 0.6 is 0 Å². The van der Waals surface area contributed by atoms with Gasteiger partial charge in [-0.3, -0.25) is 0 Å². The SMILES string of the molecule is Nc1ncnc2c1c(-c1ccc(Oc3cc(F)cc(OCc4cccn4C4CCCC4)c3)cc1)nn2C1CCOCC1. The number of nitrogens with two attached hydrogens (primary N) is 1. The Morgan fingerprint density at radius 1 is 0.905 bits per heavy atom. The highest BCUT2D eigenvalue weighted by Gasteiger charge is 2.24. The standard InChI is InChI=1S/C32H33FN6O3/c33-22-16-27(41-19-25-6-3-13-38(25)23-4-1-2-5-23)18-28(17-22)42-26-9-7-21(8-10-26)30-29-31(34)35-20-36-32(29)39(37-30)24-11-14-40-15-12-24/h3,6-10,13,16-18,20,23-24H,1-2,4-5,11-12,14-15,19H2,(H2,34,35,36). The van der Waals surface area contributed by atoms with Gasteiger partial charge in [0, 0.05) is 49.2 Å². The summed E-state index contributed by atoms with van der Waals surface area (Å²) in [6.07, 6.45) is 10.2. The first-order valence-electron chi connectivity index (χ1n) is 14.6. The second-order valence-electron chi connectivity index (χ2n) is 11.0. The highest BCUT2D eigenvalue weighted by Crippen LogP contribution is 2.36. The number of ether oxygens (including phenoxy) is 3. The van der Waals surface area contributed by atoms with Gasteiger partial charge in [0.1, 0.15) is 47.5 Å².